The zero-order valence-corrected chi connectivity index (χ0v) is 13.8. The molecule has 1 heterocycles. The van der Waals surface area contributed by atoms with Crippen LogP contribution in [0.4, 0.5) is 0 Å². The van der Waals surface area contributed by atoms with Gasteiger partial charge in [-0.3, -0.25) is 0 Å². The third-order valence-electron chi connectivity index (χ3n) is 5.26. The van der Waals surface area contributed by atoms with Gasteiger partial charge in [0.15, 0.2) is 0 Å². The molecule has 2 rings (SSSR count). The summed E-state index contributed by atoms with van der Waals surface area (Å²) < 4.78 is 6.55. The summed E-state index contributed by atoms with van der Waals surface area (Å²) in [7, 11) is 0. The van der Waals surface area contributed by atoms with Crippen LogP contribution in [0.3, 0.4) is 0 Å². The van der Waals surface area contributed by atoms with Crippen molar-refractivity contribution in [3.05, 3.63) is 0 Å². The lowest BCUT2D eigenvalue weighted by atomic mass is 9.83. The van der Waals surface area contributed by atoms with Crippen molar-refractivity contribution in [3.63, 3.8) is 0 Å². The minimum absolute atomic E-state index is 0.302. The second-order valence-electron chi connectivity index (χ2n) is 7.12. The predicted molar refractivity (Wildman–Crippen MR) is 86.1 cm³/mol. The summed E-state index contributed by atoms with van der Waals surface area (Å²) >= 11 is 0. The summed E-state index contributed by atoms with van der Waals surface area (Å²) in [6.45, 7) is 6.91. The quantitative estimate of drug-likeness (QED) is 0.653. The molecule has 20 heavy (non-hydrogen) atoms. The van der Waals surface area contributed by atoms with E-state index in [2.05, 4.69) is 19.2 Å². The standard InChI is InChI=1S/C18H35NO/c1-3-8-16(15-19-13-4-2)14-17-9-12-18(20-17)10-6-5-7-11-18/h16-17,19H,3-15H2,1-2H3. The molecule has 118 valence electrons. The molecule has 1 N–H and O–H groups in total. The van der Waals surface area contributed by atoms with Gasteiger partial charge in [0.1, 0.15) is 0 Å². The zero-order chi connectivity index (χ0) is 14.3. The van der Waals surface area contributed by atoms with E-state index in [0.717, 1.165) is 12.5 Å². The smallest absolute Gasteiger partial charge is 0.0687 e. The van der Waals surface area contributed by atoms with E-state index in [-0.39, 0.29) is 0 Å². The fourth-order valence-corrected chi connectivity index (χ4v) is 4.19. The molecule has 2 heteroatoms. The van der Waals surface area contributed by atoms with Crippen molar-refractivity contribution >= 4 is 0 Å². The summed E-state index contributed by atoms with van der Waals surface area (Å²) in [5.41, 5.74) is 0.302. The summed E-state index contributed by atoms with van der Waals surface area (Å²) in [4.78, 5) is 0. The first kappa shape index (κ1) is 16.3. The second-order valence-corrected chi connectivity index (χ2v) is 7.12. The molecule has 0 aromatic rings. The van der Waals surface area contributed by atoms with Crippen LogP contribution in [0, 0.1) is 5.92 Å². The second kappa shape index (κ2) is 8.38. The molecule has 1 aliphatic heterocycles. The zero-order valence-electron chi connectivity index (χ0n) is 13.8. The average Bonchev–Trinajstić information content (AvgIpc) is 2.82. The third kappa shape index (κ3) is 4.73. The van der Waals surface area contributed by atoms with Crippen molar-refractivity contribution in [2.75, 3.05) is 13.1 Å². The maximum atomic E-state index is 6.55. The van der Waals surface area contributed by atoms with Crippen molar-refractivity contribution in [2.24, 2.45) is 5.92 Å². The lowest BCUT2D eigenvalue weighted by Crippen LogP contribution is -2.33. The molecule has 0 amide bonds. The highest BCUT2D eigenvalue weighted by Crippen LogP contribution is 2.43. The number of nitrogens with one attached hydrogen (secondary N) is 1. The van der Waals surface area contributed by atoms with Gasteiger partial charge >= 0.3 is 0 Å². The van der Waals surface area contributed by atoms with Crippen LogP contribution in [0.1, 0.15) is 84.5 Å². The van der Waals surface area contributed by atoms with Crippen molar-refractivity contribution in [1.82, 2.24) is 5.32 Å². The Balaban J connectivity index is 1.75. The van der Waals surface area contributed by atoms with E-state index >= 15 is 0 Å². The Morgan fingerprint density at radius 1 is 1.10 bits per heavy atom. The highest BCUT2D eigenvalue weighted by atomic mass is 16.5. The van der Waals surface area contributed by atoms with Gasteiger partial charge in [-0.15, -0.1) is 0 Å². The van der Waals surface area contributed by atoms with Gasteiger partial charge in [0.25, 0.3) is 0 Å². The number of hydrogen-bond acceptors (Lipinski definition) is 2. The van der Waals surface area contributed by atoms with E-state index in [0.29, 0.717) is 11.7 Å². The normalized spacial score (nSPS) is 27.0. The van der Waals surface area contributed by atoms with E-state index < -0.39 is 0 Å². The lowest BCUT2D eigenvalue weighted by molar-refractivity contribution is -0.0700. The molecule has 1 saturated carbocycles. The van der Waals surface area contributed by atoms with Crippen LogP contribution in [0.5, 0.6) is 0 Å². The van der Waals surface area contributed by atoms with Crippen LogP contribution < -0.4 is 5.32 Å². The summed E-state index contributed by atoms with van der Waals surface area (Å²) in [6.07, 6.45) is 15.2. The van der Waals surface area contributed by atoms with Crippen LogP contribution in [-0.2, 0) is 4.74 Å². The Morgan fingerprint density at radius 3 is 2.60 bits per heavy atom. The van der Waals surface area contributed by atoms with Gasteiger partial charge in [0.05, 0.1) is 11.7 Å². The lowest BCUT2D eigenvalue weighted by Gasteiger charge is -2.34. The Morgan fingerprint density at radius 2 is 1.90 bits per heavy atom. The van der Waals surface area contributed by atoms with Crippen LogP contribution in [0.15, 0.2) is 0 Å². The van der Waals surface area contributed by atoms with Gasteiger partial charge in [-0.1, -0.05) is 39.5 Å². The molecule has 2 nitrogen and oxygen atoms in total. The molecule has 1 aliphatic carbocycles. The summed E-state index contributed by atoms with van der Waals surface area (Å²) in [5.74, 6) is 0.815. The van der Waals surface area contributed by atoms with Crippen LogP contribution in [0.25, 0.3) is 0 Å². The van der Waals surface area contributed by atoms with Gasteiger partial charge in [0.2, 0.25) is 0 Å². The maximum absolute atomic E-state index is 6.55. The van der Waals surface area contributed by atoms with E-state index in [1.54, 1.807) is 0 Å². The molecule has 0 radical (unpaired) electrons. The molecule has 2 unspecified atom stereocenters. The van der Waals surface area contributed by atoms with E-state index in [1.165, 1.54) is 77.2 Å². The SMILES string of the molecule is CCCNCC(CCC)CC1CCC2(CCCCC2)O1. The number of ether oxygens (including phenoxy) is 1. The van der Waals surface area contributed by atoms with E-state index in [1.807, 2.05) is 0 Å². The minimum atomic E-state index is 0.302. The molecular formula is C18H35NO. The highest BCUT2D eigenvalue weighted by molar-refractivity contribution is 4.91. The van der Waals surface area contributed by atoms with Crippen LogP contribution in [-0.4, -0.2) is 24.8 Å². The first-order valence-electron chi connectivity index (χ1n) is 9.16. The van der Waals surface area contributed by atoms with Gasteiger partial charge < -0.3 is 10.1 Å². The van der Waals surface area contributed by atoms with Gasteiger partial charge in [0, 0.05) is 0 Å². The number of rotatable bonds is 8. The van der Waals surface area contributed by atoms with Crippen LogP contribution >= 0.6 is 0 Å². The average molecular weight is 281 g/mol. The van der Waals surface area contributed by atoms with Crippen LogP contribution in [0.2, 0.25) is 0 Å². The molecule has 2 fully saturated rings. The van der Waals surface area contributed by atoms with Gasteiger partial charge in [-0.05, 0) is 64.0 Å². The molecule has 2 aliphatic rings. The van der Waals surface area contributed by atoms with Gasteiger partial charge in [-0.2, -0.15) is 0 Å². The van der Waals surface area contributed by atoms with Gasteiger partial charge in [-0.25, -0.2) is 0 Å². The molecule has 2 atom stereocenters. The molecule has 0 bridgehead atoms. The van der Waals surface area contributed by atoms with E-state index in [4.69, 9.17) is 4.74 Å². The molecular weight excluding hydrogens is 246 g/mol. The van der Waals surface area contributed by atoms with Crippen molar-refractivity contribution < 1.29 is 4.74 Å². The van der Waals surface area contributed by atoms with Crippen molar-refractivity contribution in [2.45, 2.75) is 96.2 Å². The molecule has 1 saturated heterocycles. The molecule has 0 aromatic heterocycles. The Bertz CT molecular complexity index is 260. The fourth-order valence-electron chi connectivity index (χ4n) is 4.19. The van der Waals surface area contributed by atoms with E-state index in [9.17, 15) is 0 Å². The third-order valence-corrected chi connectivity index (χ3v) is 5.26. The summed E-state index contributed by atoms with van der Waals surface area (Å²) in [6, 6.07) is 0. The monoisotopic (exact) mass is 281 g/mol. The first-order chi connectivity index (χ1) is 9.78. The first-order valence-corrected chi connectivity index (χ1v) is 9.16. The Kier molecular flexibility index (Phi) is 6.83. The number of hydrogen-bond donors (Lipinski definition) is 1. The molecule has 1 spiro atoms. The minimum Gasteiger partial charge on any atom is -0.372 e. The topological polar surface area (TPSA) is 21.3 Å². The fraction of sp³-hybridized carbons (Fsp3) is 1.00. The van der Waals surface area contributed by atoms with Crippen molar-refractivity contribution in [3.8, 4) is 0 Å². The highest BCUT2D eigenvalue weighted by Gasteiger charge is 2.41. The van der Waals surface area contributed by atoms with Crippen molar-refractivity contribution in [1.29, 1.82) is 0 Å². The molecule has 0 aromatic carbocycles. The Hall–Kier alpha value is -0.0800. The Labute approximate surface area is 126 Å². The summed E-state index contributed by atoms with van der Waals surface area (Å²) in [5, 5.41) is 3.61. The maximum Gasteiger partial charge on any atom is 0.0687 e. The largest absolute Gasteiger partial charge is 0.372 e. The predicted octanol–water partition coefficient (Wildman–Crippen LogP) is 4.67.